The molecule has 0 radical (unpaired) electrons. The van der Waals surface area contributed by atoms with E-state index in [-0.39, 0.29) is 12.2 Å². The lowest BCUT2D eigenvalue weighted by atomic mass is 10.2. The molecule has 0 aliphatic rings. The zero-order valence-electron chi connectivity index (χ0n) is 14.8. The fraction of sp³-hybridized carbons (Fsp3) is 0.350. The quantitative estimate of drug-likeness (QED) is 0.561. The Morgan fingerprint density at radius 1 is 1.23 bits per heavy atom. The Morgan fingerprint density at radius 3 is 2.92 bits per heavy atom. The monoisotopic (exact) mass is 371 g/mol. The van der Waals surface area contributed by atoms with Gasteiger partial charge in [-0.05, 0) is 42.7 Å². The van der Waals surface area contributed by atoms with Gasteiger partial charge in [-0.1, -0.05) is 37.1 Å². The summed E-state index contributed by atoms with van der Waals surface area (Å²) in [4.78, 5) is 21.5. The zero-order valence-corrected chi connectivity index (χ0v) is 15.6. The van der Waals surface area contributed by atoms with Gasteiger partial charge >= 0.3 is 0 Å². The van der Waals surface area contributed by atoms with E-state index in [1.807, 2.05) is 24.3 Å². The molecule has 0 bridgehead atoms. The minimum Gasteiger partial charge on any atom is -0.373 e. The third-order valence-corrected chi connectivity index (χ3v) is 4.43. The van der Waals surface area contributed by atoms with E-state index in [0.717, 1.165) is 29.8 Å². The molecule has 136 valence electrons. The van der Waals surface area contributed by atoms with E-state index in [4.69, 9.17) is 16.3 Å². The lowest BCUT2D eigenvalue weighted by molar-refractivity contribution is 0.115. The molecule has 0 saturated heterocycles. The van der Waals surface area contributed by atoms with E-state index in [1.165, 1.54) is 0 Å². The molecule has 3 aromatic rings. The molecule has 1 aromatic carbocycles. The molecule has 0 N–H and O–H groups in total. The standard InChI is InChI=1S/C20H22ClN3O2/c1-2-3-11-24-18(23-19-17(20(24)25)8-5-10-22-19)14-26-12-9-15-6-4-7-16(21)13-15/h4-8,10,13H,2-3,9,11-12,14H2,1H3. The lowest BCUT2D eigenvalue weighted by Gasteiger charge is -2.13. The summed E-state index contributed by atoms with van der Waals surface area (Å²) >= 11 is 6.00. The fourth-order valence-corrected chi connectivity index (χ4v) is 3.01. The maximum Gasteiger partial charge on any atom is 0.263 e. The van der Waals surface area contributed by atoms with Gasteiger partial charge in [-0.25, -0.2) is 9.97 Å². The van der Waals surface area contributed by atoms with Crippen molar-refractivity contribution in [3.63, 3.8) is 0 Å². The van der Waals surface area contributed by atoms with Crippen LogP contribution < -0.4 is 5.56 Å². The van der Waals surface area contributed by atoms with Crippen LogP contribution in [0.5, 0.6) is 0 Å². The average molecular weight is 372 g/mol. The third-order valence-electron chi connectivity index (χ3n) is 4.20. The van der Waals surface area contributed by atoms with Crippen LogP contribution in [-0.2, 0) is 24.3 Å². The summed E-state index contributed by atoms with van der Waals surface area (Å²) in [6.07, 6.45) is 4.33. The summed E-state index contributed by atoms with van der Waals surface area (Å²) in [6.45, 7) is 3.55. The van der Waals surface area contributed by atoms with Gasteiger partial charge in [0.1, 0.15) is 12.4 Å². The molecule has 0 fully saturated rings. The summed E-state index contributed by atoms with van der Waals surface area (Å²) in [7, 11) is 0. The Balaban J connectivity index is 1.74. The fourth-order valence-electron chi connectivity index (χ4n) is 2.80. The second kappa shape index (κ2) is 8.92. The third kappa shape index (κ3) is 4.48. The van der Waals surface area contributed by atoms with E-state index < -0.39 is 0 Å². The van der Waals surface area contributed by atoms with E-state index in [0.29, 0.717) is 30.0 Å². The van der Waals surface area contributed by atoms with Gasteiger partial charge in [0.05, 0.1) is 12.0 Å². The van der Waals surface area contributed by atoms with Gasteiger partial charge in [0.2, 0.25) is 0 Å². The number of hydrogen-bond acceptors (Lipinski definition) is 4. The minimum atomic E-state index is -0.0509. The van der Waals surface area contributed by atoms with Crippen molar-refractivity contribution in [2.75, 3.05) is 6.61 Å². The van der Waals surface area contributed by atoms with Crippen molar-refractivity contribution in [2.45, 2.75) is 39.3 Å². The summed E-state index contributed by atoms with van der Waals surface area (Å²) < 4.78 is 7.51. The number of nitrogens with zero attached hydrogens (tertiary/aromatic N) is 3. The predicted molar refractivity (Wildman–Crippen MR) is 104 cm³/mol. The van der Waals surface area contributed by atoms with Crippen LogP contribution in [0.1, 0.15) is 31.2 Å². The normalized spacial score (nSPS) is 11.2. The second-order valence-corrected chi connectivity index (χ2v) is 6.58. The Bertz CT molecular complexity index is 940. The van der Waals surface area contributed by atoms with Crippen molar-refractivity contribution in [1.29, 1.82) is 0 Å². The Kier molecular flexibility index (Phi) is 6.36. The highest BCUT2D eigenvalue weighted by atomic mass is 35.5. The highest BCUT2D eigenvalue weighted by Crippen LogP contribution is 2.12. The molecular formula is C20H22ClN3O2. The van der Waals surface area contributed by atoms with Gasteiger partial charge in [-0.15, -0.1) is 0 Å². The molecule has 0 atom stereocenters. The molecule has 3 rings (SSSR count). The number of unbranched alkanes of at least 4 members (excludes halogenated alkanes) is 1. The number of fused-ring (bicyclic) bond motifs is 1. The molecule has 2 aromatic heterocycles. The van der Waals surface area contributed by atoms with Crippen LogP contribution in [0.4, 0.5) is 0 Å². The molecule has 0 aliphatic heterocycles. The molecule has 0 spiro atoms. The van der Waals surface area contributed by atoms with Gasteiger partial charge in [-0.3, -0.25) is 9.36 Å². The summed E-state index contributed by atoms with van der Waals surface area (Å²) in [6, 6.07) is 11.3. The number of halogens is 1. The van der Waals surface area contributed by atoms with Crippen molar-refractivity contribution < 1.29 is 4.74 Å². The molecule has 26 heavy (non-hydrogen) atoms. The molecule has 0 aliphatic carbocycles. The zero-order chi connectivity index (χ0) is 18.4. The molecule has 6 heteroatoms. The number of hydrogen-bond donors (Lipinski definition) is 0. The maximum absolute atomic E-state index is 12.8. The van der Waals surface area contributed by atoms with Crippen LogP contribution in [0.15, 0.2) is 47.4 Å². The van der Waals surface area contributed by atoms with Crippen LogP contribution in [0.25, 0.3) is 11.0 Å². The van der Waals surface area contributed by atoms with Crippen LogP contribution in [0.2, 0.25) is 5.02 Å². The average Bonchev–Trinajstić information content (AvgIpc) is 2.65. The highest BCUT2D eigenvalue weighted by molar-refractivity contribution is 6.30. The number of pyridine rings is 1. The first kappa shape index (κ1) is 18.5. The molecule has 0 saturated carbocycles. The van der Waals surface area contributed by atoms with Gasteiger partial charge in [0.25, 0.3) is 5.56 Å². The summed E-state index contributed by atoms with van der Waals surface area (Å²) in [5.74, 6) is 0.626. The second-order valence-electron chi connectivity index (χ2n) is 6.15. The number of rotatable bonds is 8. The van der Waals surface area contributed by atoms with Crippen molar-refractivity contribution >= 4 is 22.6 Å². The van der Waals surface area contributed by atoms with Gasteiger partial charge < -0.3 is 4.74 Å². The van der Waals surface area contributed by atoms with E-state index >= 15 is 0 Å². The SMILES string of the molecule is CCCCn1c(COCCc2cccc(Cl)c2)nc2ncccc2c1=O. The Morgan fingerprint density at radius 2 is 2.12 bits per heavy atom. The number of ether oxygens (including phenoxy) is 1. The van der Waals surface area contributed by atoms with E-state index in [2.05, 4.69) is 16.9 Å². The number of aromatic nitrogens is 3. The maximum atomic E-state index is 12.8. The lowest BCUT2D eigenvalue weighted by Crippen LogP contribution is -2.26. The van der Waals surface area contributed by atoms with Crippen molar-refractivity contribution in [3.05, 3.63) is 69.4 Å². The molecule has 2 heterocycles. The topological polar surface area (TPSA) is 57.0 Å². The van der Waals surface area contributed by atoms with E-state index in [9.17, 15) is 4.79 Å². The first-order valence-electron chi connectivity index (χ1n) is 8.85. The predicted octanol–water partition coefficient (Wildman–Crippen LogP) is 4.00. The first-order chi connectivity index (χ1) is 12.7. The molecular weight excluding hydrogens is 350 g/mol. The Labute approximate surface area is 157 Å². The van der Waals surface area contributed by atoms with Crippen LogP contribution in [0.3, 0.4) is 0 Å². The molecule has 0 amide bonds. The van der Waals surface area contributed by atoms with Crippen molar-refractivity contribution in [3.8, 4) is 0 Å². The van der Waals surface area contributed by atoms with Gasteiger partial charge in [-0.2, -0.15) is 0 Å². The number of benzene rings is 1. The van der Waals surface area contributed by atoms with Gasteiger partial charge in [0.15, 0.2) is 5.65 Å². The summed E-state index contributed by atoms with van der Waals surface area (Å²) in [5, 5.41) is 1.27. The Hall–Kier alpha value is -2.24. The highest BCUT2D eigenvalue weighted by Gasteiger charge is 2.11. The largest absolute Gasteiger partial charge is 0.373 e. The van der Waals surface area contributed by atoms with Gasteiger partial charge in [0, 0.05) is 17.8 Å². The summed E-state index contributed by atoms with van der Waals surface area (Å²) in [5.41, 5.74) is 1.54. The van der Waals surface area contributed by atoms with Crippen LogP contribution in [0, 0.1) is 0 Å². The van der Waals surface area contributed by atoms with Crippen molar-refractivity contribution in [1.82, 2.24) is 14.5 Å². The van der Waals surface area contributed by atoms with Crippen LogP contribution >= 0.6 is 11.6 Å². The van der Waals surface area contributed by atoms with Crippen LogP contribution in [-0.4, -0.2) is 21.1 Å². The molecule has 0 unspecified atom stereocenters. The van der Waals surface area contributed by atoms with E-state index in [1.54, 1.807) is 22.9 Å². The molecule has 5 nitrogen and oxygen atoms in total. The minimum absolute atomic E-state index is 0.0509. The van der Waals surface area contributed by atoms with Crippen molar-refractivity contribution in [2.24, 2.45) is 0 Å². The first-order valence-corrected chi connectivity index (χ1v) is 9.23. The smallest absolute Gasteiger partial charge is 0.263 e.